The molecule has 1 aliphatic heterocycles. The van der Waals surface area contributed by atoms with Crippen molar-refractivity contribution in [3.63, 3.8) is 0 Å². The van der Waals surface area contributed by atoms with Gasteiger partial charge in [0.2, 0.25) is 0 Å². The number of nitrogens with one attached hydrogen (secondary N) is 1. The van der Waals surface area contributed by atoms with Crippen LogP contribution in [0, 0.1) is 17.1 Å². The summed E-state index contributed by atoms with van der Waals surface area (Å²) in [5.74, 6) is -0.287. The Morgan fingerprint density at radius 1 is 1.15 bits per heavy atom. The first-order chi connectivity index (χ1) is 16.5. The van der Waals surface area contributed by atoms with Gasteiger partial charge in [-0.2, -0.15) is 5.26 Å². The molecule has 0 saturated carbocycles. The summed E-state index contributed by atoms with van der Waals surface area (Å²) in [6.07, 6.45) is 1.60. The third-order valence-electron chi connectivity index (χ3n) is 6.42. The SMILES string of the molecule is CC1(c2ccccc2O)CNCCN1n1c(=O)c(C#N)c(-c2ccc(F)cc2)c2ncccc21. The molecule has 1 fully saturated rings. The fourth-order valence-electron chi connectivity index (χ4n) is 4.78. The van der Waals surface area contributed by atoms with Gasteiger partial charge in [0.05, 0.1) is 16.6 Å². The molecule has 1 atom stereocenters. The number of aromatic hydroxyl groups is 1. The quantitative estimate of drug-likeness (QED) is 0.493. The summed E-state index contributed by atoms with van der Waals surface area (Å²) in [5, 5.41) is 26.0. The molecule has 7 nitrogen and oxygen atoms in total. The van der Waals surface area contributed by atoms with Gasteiger partial charge in [-0.05, 0) is 42.8 Å². The summed E-state index contributed by atoms with van der Waals surface area (Å²) in [5.41, 5.74) is 1.20. The zero-order valence-electron chi connectivity index (χ0n) is 18.5. The predicted octanol–water partition coefficient (Wildman–Crippen LogP) is 3.24. The van der Waals surface area contributed by atoms with Crippen molar-refractivity contribution in [1.29, 1.82) is 5.26 Å². The highest BCUT2D eigenvalue weighted by Gasteiger charge is 2.40. The fourth-order valence-corrected chi connectivity index (χ4v) is 4.78. The van der Waals surface area contributed by atoms with Crippen LogP contribution in [0.3, 0.4) is 0 Å². The average Bonchev–Trinajstić information content (AvgIpc) is 2.85. The predicted molar refractivity (Wildman–Crippen MR) is 128 cm³/mol. The number of hydrogen-bond donors (Lipinski definition) is 2. The molecule has 8 heteroatoms. The minimum atomic E-state index is -0.791. The Bertz CT molecular complexity index is 1490. The van der Waals surface area contributed by atoms with E-state index in [0.717, 1.165) is 0 Å². The number of fused-ring (bicyclic) bond motifs is 1. The molecule has 4 aromatic rings. The maximum atomic E-state index is 13.9. The van der Waals surface area contributed by atoms with Gasteiger partial charge in [-0.3, -0.25) is 14.8 Å². The Balaban J connectivity index is 1.83. The third-order valence-corrected chi connectivity index (χ3v) is 6.42. The molecule has 34 heavy (non-hydrogen) atoms. The minimum Gasteiger partial charge on any atom is -0.508 e. The van der Waals surface area contributed by atoms with Crippen molar-refractivity contribution in [3.05, 3.63) is 94.2 Å². The summed E-state index contributed by atoms with van der Waals surface area (Å²) in [6.45, 7) is 3.48. The smallest absolute Gasteiger partial charge is 0.288 e. The van der Waals surface area contributed by atoms with Gasteiger partial charge in [-0.15, -0.1) is 0 Å². The number of phenols is 1. The number of halogens is 1. The van der Waals surface area contributed by atoms with Crippen LogP contribution in [0.25, 0.3) is 22.2 Å². The molecule has 0 spiro atoms. The zero-order chi connectivity index (χ0) is 23.9. The summed E-state index contributed by atoms with van der Waals surface area (Å²) in [7, 11) is 0. The molecule has 0 amide bonds. The standard InChI is InChI=1S/C26H22FN5O2/c1-26(20-5-2-3-7-22(20)33)16-29-13-14-31(26)32-21-6-4-12-30-24(21)23(19(15-28)25(32)34)17-8-10-18(27)11-9-17/h2-12,29,33H,13-14,16H2,1H3. The van der Waals surface area contributed by atoms with Crippen LogP contribution in [0.4, 0.5) is 4.39 Å². The first-order valence-corrected chi connectivity index (χ1v) is 10.9. The van der Waals surface area contributed by atoms with E-state index >= 15 is 0 Å². The lowest BCUT2D eigenvalue weighted by molar-refractivity contribution is 0.285. The average molecular weight is 455 g/mol. The van der Waals surface area contributed by atoms with Gasteiger partial charge in [-0.1, -0.05) is 30.3 Å². The second-order valence-corrected chi connectivity index (χ2v) is 8.45. The first-order valence-electron chi connectivity index (χ1n) is 10.9. The Morgan fingerprint density at radius 2 is 1.91 bits per heavy atom. The van der Waals surface area contributed by atoms with Crippen LogP contribution >= 0.6 is 0 Å². The Kier molecular flexibility index (Phi) is 5.27. The molecular formula is C26H22FN5O2. The Hall–Kier alpha value is -4.22. The molecule has 2 N–H and O–H groups in total. The van der Waals surface area contributed by atoms with Crippen LogP contribution in [0.1, 0.15) is 18.1 Å². The Labute approximate surface area is 195 Å². The number of rotatable bonds is 3. The normalized spacial score (nSPS) is 18.1. The van der Waals surface area contributed by atoms with Crippen molar-refractivity contribution in [2.75, 3.05) is 24.6 Å². The number of benzene rings is 2. The van der Waals surface area contributed by atoms with Crippen LogP contribution in [-0.2, 0) is 5.54 Å². The number of aromatic nitrogens is 2. The van der Waals surface area contributed by atoms with Gasteiger partial charge < -0.3 is 10.4 Å². The number of piperazine rings is 1. The molecule has 2 aromatic carbocycles. The maximum absolute atomic E-state index is 13.9. The van der Waals surface area contributed by atoms with Crippen molar-refractivity contribution in [2.24, 2.45) is 0 Å². The summed E-state index contributed by atoms with van der Waals surface area (Å²) < 4.78 is 15.1. The molecule has 2 aromatic heterocycles. The van der Waals surface area contributed by atoms with E-state index in [4.69, 9.17) is 0 Å². The third kappa shape index (κ3) is 3.29. The van der Waals surface area contributed by atoms with Crippen molar-refractivity contribution < 1.29 is 9.50 Å². The van der Waals surface area contributed by atoms with Gasteiger partial charge >= 0.3 is 0 Å². The van der Waals surface area contributed by atoms with E-state index in [-0.39, 0.29) is 11.3 Å². The molecule has 0 radical (unpaired) electrons. The number of para-hydroxylation sites is 1. The second-order valence-electron chi connectivity index (χ2n) is 8.45. The lowest BCUT2D eigenvalue weighted by atomic mass is 9.88. The molecule has 1 aliphatic rings. The molecule has 0 aliphatic carbocycles. The molecule has 1 unspecified atom stereocenters. The van der Waals surface area contributed by atoms with Gasteiger partial charge in [0.25, 0.3) is 5.56 Å². The zero-order valence-corrected chi connectivity index (χ0v) is 18.5. The highest BCUT2D eigenvalue weighted by Crippen LogP contribution is 2.36. The van der Waals surface area contributed by atoms with Crippen molar-refractivity contribution in [3.8, 4) is 22.9 Å². The molecule has 0 bridgehead atoms. The highest BCUT2D eigenvalue weighted by atomic mass is 19.1. The van der Waals surface area contributed by atoms with Crippen LogP contribution < -0.4 is 15.9 Å². The van der Waals surface area contributed by atoms with E-state index in [9.17, 15) is 19.6 Å². The monoisotopic (exact) mass is 455 g/mol. The minimum absolute atomic E-state index is 0.0732. The van der Waals surface area contributed by atoms with Crippen LogP contribution in [0.2, 0.25) is 0 Å². The van der Waals surface area contributed by atoms with E-state index < -0.39 is 16.9 Å². The Morgan fingerprint density at radius 3 is 2.65 bits per heavy atom. The summed E-state index contributed by atoms with van der Waals surface area (Å²) in [6, 6.07) is 18.3. The van der Waals surface area contributed by atoms with E-state index in [0.29, 0.717) is 47.4 Å². The van der Waals surface area contributed by atoms with E-state index in [1.165, 1.54) is 16.8 Å². The fraction of sp³-hybridized carbons (Fsp3) is 0.192. The lowest BCUT2D eigenvalue weighted by Crippen LogP contribution is -2.64. The van der Waals surface area contributed by atoms with Gasteiger partial charge in [-0.25, -0.2) is 9.07 Å². The molecule has 170 valence electrons. The number of nitriles is 1. The van der Waals surface area contributed by atoms with Crippen molar-refractivity contribution in [2.45, 2.75) is 12.5 Å². The van der Waals surface area contributed by atoms with Gasteiger partial charge in [0.15, 0.2) is 0 Å². The van der Waals surface area contributed by atoms with Gasteiger partial charge in [0.1, 0.15) is 23.2 Å². The summed E-state index contributed by atoms with van der Waals surface area (Å²) in [4.78, 5) is 18.4. The lowest BCUT2D eigenvalue weighted by Gasteiger charge is -2.47. The number of nitrogens with zero attached hydrogens (tertiary/aromatic N) is 4. The topological polar surface area (TPSA) is 94.2 Å². The van der Waals surface area contributed by atoms with Crippen LogP contribution in [0.5, 0.6) is 5.75 Å². The molecular weight excluding hydrogens is 433 g/mol. The molecule has 3 heterocycles. The van der Waals surface area contributed by atoms with Crippen molar-refractivity contribution >= 4 is 11.0 Å². The van der Waals surface area contributed by atoms with Crippen LogP contribution in [0.15, 0.2) is 71.7 Å². The largest absolute Gasteiger partial charge is 0.508 e. The van der Waals surface area contributed by atoms with E-state index in [1.54, 1.807) is 42.6 Å². The van der Waals surface area contributed by atoms with Crippen molar-refractivity contribution in [1.82, 2.24) is 15.0 Å². The van der Waals surface area contributed by atoms with E-state index in [2.05, 4.69) is 16.4 Å². The molecule has 5 rings (SSSR count). The van der Waals surface area contributed by atoms with Crippen LogP contribution in [-0.4, -0.2) is 34.4 Å². The number of pyridine rings is 2. The first kappa shape index (κ1) is 21.6. The highest BCUT2D eigenvalue weighted by molar-refractivity contribution is 5.94. The number of phenolic OH excluding ortho intramolecular Hbond substituents is 1. The number of hydrogen-bond acceptors (Lipinski definition) is 6. The maximum Gasteiger partial charge on any atom is 0.288 e. The molecule has 1 saturated heterocycles. The van der Waals surface area contributed by atoms with E-state index in [1.807, 2.05) is 24.1 Å². The van der Waals surface area contributed by atoms with Gasteiger partial charge in [0, 0.05) is 37.0 Å². The summed E-state index contributed by atoms with van der Waals surface area (Å²) >= 11 is 0. The second kappa shape index (κ2) is 8.28.